The van der Waals surface area contributed by atoms with Gasteiger partial charge in [0, 0.05) is 5.57 Å². The van der Waals surface area contributed by atoms with Crippen LogP contribution in [0.25, 0.3) is 0 Å². The standard InChI is InChI=1S/C8H8O3/c9-7-5-2-1-3-6(4-5)8(10)11-7/h2,6H,1,3-4H2. The molecule has 1 aliphatic carbocycles. The van der Waals surface area contributed by atoms with Crippen molar-refractivity contribution in [1.82, 2.24) is 0 Å². The Hall–Kier alpha value is -1.12. The van der Waals surface area contributed by atoms with Crippen LogP contribution in [0, 0.1) is 5.92 Å². The Balaban J connectivity index is 2.31. The molecule has 58 valence electrons. The summed E-state index contributed by atoms with van der Waals surface area (Å²) in [5.41, 5.74) is 0.681. The molecule has 11 heavy (non-hydrogen) atoms. The molecule has 1 fully saturated rings. The summed E-state index contributed by atoms with van der Waals surface area (Å²) < 4.78 is 4.51. The van der Waals surface area contributed by atoms with Crippen LogP contribution in [0.4, 0.5) is 0 Å². The van der Waals surface area contributed by atoms with Crippen LogP contribution in [-0.4, -0.2) is 11.9 Å². The van der Waals surface area contributed by atoms with Gasteiger partial charge in [0.25, 0.3) is 0 Å². The normalized spacial score (nSPS) is 29.5. The predicted molar refractivity (Wildman–Crippen MR) is 36.5 cm³/mol. The second-order valence-electron chi connectivity index (χ2n) is 2.92. The van der Waals surface area contributed by atoms with Crippen molar-refractivity contribution in [1.29, 1.82) is 0 Å². The minimum absolute atomic E-state index is 0.0484. The third-order valence-corrected chi connectivity index (χ3v) is 2.16. The Morgan fingerprint density at radius 2 is 2.27 bits per heavy atom. The topological polar surface area (TPSA) is 43.4 Å². The van der Waals surface area contributed by atoms with E-state index in [2.05, 4.69) is 4.74 Å². The third kappa shape index (κ3) is 0.964. The molecule has 2 aliphatic rings. The average Bonchev–Trinajstić information content (AvgIpc) is 2.02. The van der Waals surface area contributed by atoms with E-state index in [1.165, 1.54) is 0 Å². The van der Waals surface area contributed by atoms with Crippen LogP contribution in [-0.2, 0) is 14.3 Å². The van der Waals surface area contributed by atoms with Crippen molar-refractivity contribution >= 4 is 11.9 Å². The highest BCUT2D eigenvalue weighted by Gasteiger charge is 2.34. The van der Waals surface area contributed by atoms with Crippen LogP contribution in [0.2, 0.25) is 0 Å². The van der Waals surface area contributed by atoms with Gasteiger partial charge in [-0.1, -0.05) is 6.08 Å². The minimum atomic E-state index is -0.439. The van der Waals surface area contributed by atoms with Crippen molar-refractivity contribution < 1.29 is 14.3 Å². The summed E-state index contributed by atoms with van der Waals surface area (Å²) in [6.45, 7) is 0. The lowest BCUT2D eigenvalue weighted by molar-refractivity contribution is -0.163. The number of cyclic esters (lactones) is 2. The van der Waals surface area contributed by atoms with E-state index in [1.807, 2.05) is 6.08 Å². The highest BCUT2D eigenvalue weighted by atomic mass is 16.6. The number of carbonyl (C=O) groups excluding carboxylic acids is 2. The molecule has 0 aromatic heterocycles. The quantitative estimate of drug-likeness (QED) is 0.381. The van der Waals surface area contributed by atoms with Gasteiger partial charge < -0.3 is 4.74 Å². The lowest BCUT2D eigenvalue weighted by Crippen LogP contribution is -2.31. The lowest BCUT2D eigenvalue weighted by atomic mass is 9.87. The monoisotopic (exact) mass is 152 g/mol. The molecule has 0 radical (unpaired) electrons. The fourth-order valence-electron chi connectivity index (χ4n) is 1.52. The van der Waals surface area contributed by atoms with Crippen LogP contribution in [0.5, 0.6) is 0 Å². The summed E-state index contributed by atoms with van der Waals surface area (Å²) in [4.78, 5) is 21.8. The molecule has 1 saturated heterocycles. The lowest BCUT2D eigenvalue weighted by Gasteiger charge is -2.24. The Bertz CT molecular complexity index is 252. The van der Waals surface area contributed by atoms with Crippen molar-refractivity contribution in [3.8, 4) is 0 Å². The molecule has 0 saturated carbocycles. The molecule has 1 atom stereocenters. The van der Waals surface area contributed by atoms with E-state index in [0.29, 0.717) is 12.0 Å². The number of hydrogen-bond acceptors (Lipinski definition) is 3. The Kier molecular flexibility index (Phi) is 1.31. The van der Waals surface area contributed by atoms with Crippen LogP contribution >= 0.6 is 0 Å². The highest BCUT2D eigenvalue weighted by Crippen LogP contribution is 2.29. The molecule has 0 aromatic carbocycles. The Morgan fingerprint density at radius 1 is 1.45 bits per heavy atom. The van der Waals surface area contributed by atoms with Crippen LogP contribution in [0.3, 0.4) is 0 Å². The van der Waals surface area contributed by atoms with Gasteiger partial charge in [-0.15, -0.1) is 0 Å². The summed E-state index contributed by atoms with van der Waals surface area (Å²) in [5, 5.41) is 0. The molecular weight excluding hydrogens is 144 g/mol. The largest absolute Gasteiger partial charge is 0.389 e. The number of rotatable bonds is 0. The van der Waals surface area contributed by atoms with E-state index in [0.717, 1.165) is 12.8 Å². The first kappa shape index (κ1) is 6.58. The van der Waals surface area contributed by atoms with Crippen LogP contribution < -0.4 is 0 Å². The van der Waals surface area contributed by atoms with E-state index in [1.54, 1.807) is 0 Å². The number of ether oxygens (including phenoxy) is 1. The fraction of sp³-hybridized carbons (Fsp3) is 0.500. The Labute approximate surface area is 64.0 Å². The van der Waals surface area contributed by atoms with Gasteiger partial charge in [0.1, 0.15) is 0 Å². The summed E-state index contributed by atoms with van der Waals surface area (Å²) in [6.07, 6.45) is 4.12. The molecule has 3 nitrogen and oxygen atoms in total. The minimum Gasteiger partial charge on any atom is -0.389 e. The van der Waals surface area contributed by atoms with Crippen molar-refractivity contribution in [2.75, 3.05) is 0 Å². The predicted octanol–water partition coefficient (Wildman–Crippen LogP) is 0.796. The SMILES string of the molecule is O=C1OC(=O)C2CCC=C1C2. The molecule has 2 rings (SSSR count). The van der Waals surface area contributed by atoms with Gasteiger partial charge in [0.05, 0.1) is 5.92 Å². The number of hydrogen-bond donors (Lipinski definition) is 0. The summed E-state index contributed by atoms with van der Waals surface area (Å²) in [6, 6.07) is 0. The Morgan fingerprint density at radius 3 is 3.09 bits per heavy atom. The number of carbonyl (C=O) groups is 2. The van der Waals surface area contributed by atoms with Crippen molar-refractivity contribution in [3.63, 3.8) is 0 Å². The second-order valence-corrected chi connectivity index (χ2v) is 2.92. The average molecular weight is 152 g/mol. The van der Waals surface area contributed by atoms with E-state index in [4.69, 9.17) is 0 Å². The summed E-state index contributed by atoms with van der Waals surface area (Å²) in [7, 11) is 0. The molecule has 3 heteroatoms. The number of allylic oxidation sites excluding steroid dienone is 1. The zero-order valence-electron chi connectivity index (χ0n) is 6.00. The van der Waals surface area contributed by atoms with Crippen molar-refractivity contribution in [3.05, 3.63) is 11.6 Å². The zero-order chi connectivity index (χ0) is 7.84. The van der Waals surface area contributed by atoms with E-state index in [-0.39, 0.29) is 11.9 Å². The van der Waals surface area contributed by atoms with Crippen LogP contribution in [0.15, 0.2) is 11.6 Å². The van der Waals surface area contributed by atoms with Gasteiger partial charge in [-0.25, -0.2) is 4.79 Å². The molecule has 1 unspecified atom stereocenters. The van der Waals surface area contributed by atoms with Gasteiger partial charge >= 0.3 is 11.9 Å². The van der Waals surface area contributed by atoms with Crippen molar-refractivity contribution in [2.24, 2.45) is 5.92 Å². The molecular formula is C8H8O3. The van der Waals surface area contributed by atoms with Gasteiger partial charge in [-0.2, -0.15) is 0 Å². The fourth-order valence-corrected chi connectivity index (χ4v) is 1.52. The van der Waals surface area contributed by atoms with Gasteiger partial charge in [0.15, 0.2) is 0 Å². The van der Waals surface area contributed by atoms with E-state index >= 15 is 0 Å². The van der Waals surface area contributed by atoms with Crippen molar-refractivity contribution in [2.45, 2.75) is 19.3 Å². The van der Waals surface area contributed by atoms with Gasteiger partial charge in [0.2, 0.25) is 0 Å². The molecule has 1 aliphatic heterocycles. The zero-order valence-corrected chi connectivity index (χ0v) is 6.00. The molecule has 0 aromatic rings. The molecule has 0 N–H and O–H groups in total. The maximum atomic E-state index is 10.9. The van der Waals surface area contributed by atoms with Gasteiger partial charge in [-0.05, 0) is 19.3 Å². The summed E-state index contributed by atoms with van der Waals surface area (Å²) in [5.74, 6) is -0.828. The molecule has 0 amide bonds. The smallest absolute Gasteiger partial charge is 0.341 e. The van der Waals surface area contributed by atoms with E-state index < -0.39 is 5.97 Å². The number of esters is 2. The highest BCUT2D eigenvalue weighted by molar-refractivity contribution is 6.00. The first-order valence-electron chi connectivity index (χ1n) is 3.72. The number of fused-ring (bicyclic) bond motifs is 2. The third-order valence-electron chi connectivity index (χ3n) is 2.16. The van der Waals surface area contributed by atoms with Gasteiger partial charge in [-0.3, -0.25) is 4.79 Å². The molecule has 0 spiro atoms. The maximum absolute atomic E-state index is 10.9. The summed E-state index contributed by atoms with van der Waals surface area (Å²) >= 11 is 0. The first-order chi connectivity index (χ1) is 5.27. The maximum Gasteiger partial charge on any atom is 0.341 e. The van der Waals surface area contributed by atoms with Crippen LogP contribution in [0.1, 0.15) is 19.3 Å². The molecule has 1 heterocycles. The second kappa shape index (κ2) is 2.19. The van der Waals surface area contributed by atoms with E-state index in [9.17, 15) is 9.59 Å². The first-order valence-corrected chi connectivity index (χ1v) is 3.72. The molecule has 2 bridgehead atoms.